The van der Waals surface area contributed by atoms with Gasteiger partial charge in [0.05, 0.1) is 0 Å². The third-order valence-electron chi connectivity index (χ3n) is 3.52. The second kappa shape index (κ2) is 6.89. The Morgan fingerprint density at radius 1 is 1.31 bits per heavy atom. The Labute approximate surface area is 99.2 Å². The number of carbonyl (C=O) groups excluding carboxylic acids is 1. The minimum absolute atomic E-state index is 0.191. The van der Waals surface area contributed by atoms with Gasteiger partial charge in [-0.05, 0) is 37.1 Å². The van der Waals surface area contributed by atoms with Crippen LogP contribution in [0.5, 0.6) is 0 Å². The highest BCUT2D eigenvalue weighted by molar-refractivity contribution is 5.76. The summed E-state index contributed by atoms with van der Waals surface area (Å²) >= 11 is 0. The van der Waals surface area contributed by atoms with E-state index < -0.39 is 0 Å². The van der Waals surface area contributed by atoms with Crippen molar-refractivity contribution in [1.29, 1.82) is 0 Å². The molecule has 0 radical (unpaired) electrons. The standard InChI is InChI=1S/C13H26N2O/c1-10(2)7-13(16)15-9-12-6-4-3-5-11(12)8-14/h10-12H,3-9,14H2,1-2H3,(H,15,16). The van der Waals surface area contributed by atoms with Crippen molar-refractivity contribution >= 4 is 5.91 Å². The molecule has 3 heteroatoms. The third-order valence-corrected chi connectivity index (χ3v) is 3.52. The van der Waals surface area contributed by atoms with Crippen molar-refractivity contribution in [3.8, 4) is 0 Å². The molecule has 0 aliphatic heterocycles. The summed E-state index contributed by atoms with van der Waals surface area (Å²) in [5, 5.41) is 3.05. The summed E-state index contributed by atoms with van der Waals surface area (Å²) in [4.78, 5) is 11.5. The van der Waals surface area contributed by atoms with Gasteiger partial charge in [0.15, 0.2) is 0 Å². The van der Waals surface area contributed by atoms with Gasteiger partial charge in [-0.25, -0.2) is 0 Å². The lowest BCUT2D eigenvalue weighted by atomic mass is 9.79. The summed E-state index contributed by atoms with van der Waals surface area (Å²) in [7, 11) is 0. The van der Waals surface area contributed by atoms with Gasteiger partial charge in [0.2, 0.25) is 5.91 Å². The second-order valence-corrected chi connectivity index (χ2v) is 5.44. The Kier molecular flexibility index (Phi) is 5.81. The molecular formula is C13H26N2O. The van der Waals surface area contributed by atoms with Crippen molar-refractivity contribution in [1.82, 2.24) is 5.32 Å². The SMILES string of the molecule is CC(C)CC(=O)NCC1CCCCC1CN. The number of amides is 1. The molecule has 1 rings (SSSR count). The third kappa shape index (κ3) is 4.52. The maximum absolute atomic E-state index is 11.5. The van der Waals surface area contributed by atoms with E-state index in [2.05, 4.69) is 19.2 Å². The predicted molar refractivity (Wildman–Crippen MR) is 67.0 cm³/mol. The Morgan fingerprint density at radius 2 is 1.94 bits per heavy atom. The van der Waals surface area contributed by atoms with E-state index in [-0.39, 0.29) is 5.91 Å². The fourth-order valence-electron chi connectivity index (χ4n) is 2.55. The number of carbonyl (C=O) groups is 1. The molecule has 2 unspecified atom stereocenters. The topological polar surface area (TPSA) is 55.1 Å². The highest BCUT2D eigenvalue weighted by Gasteiger charge is 2.24. The number of nitrogens with one attached hydrogen (secondary N) is 1. The van der Waals surface area contributed by atoms with Gasteiger partial charge in [-0.15, -0.1) is 0 Å². The summed E-state index contributed by atoms with van der Waals surface area (Å²) in [5.74, 6) is 1.86. The molecule has 0 aromatic heterocycles. The summed E-state index contributed by atoms with van der Waals surface area (Å²) in [6.07, 6.45) is 5.70. The largest absolute Gasteiger partial charge is 0.356 e. The monoisotopic (exact) mass is 226 g/mol. The average Bonchev–Trinajstić information content (AvgIpc) is 2.26. The molecule has 1 aliphatic carbocycles. The van der Waals surface area contributed by atoms with Crippen molar-refractivity contribution in [2.24, 2.45) is 23.5 Å². The molecule has 0 bridgehead atoms. The van der Waals surface area contributed by atoms with Gasteiger partial charge in [0, 0.05) is 13.0 Å². The molecule has 16 heavy (non-hydrogen) atoms. The van der Waals surface area contributed by atoms with Crippen LogP contribution >= 0.6 is 0 Å². The first-order valence-electron chi connectivity index (χ1n) is 6.60. The molecule has 0 aromatic carbocycles. The summed E-state index contributed by atoms with van der Waals surface area (Å²) in [6, 6.07) is 0. The highest BCUT2D eigenvalue weighted by atomic mass is 16.1. The highest BCUT2D eigenvalue weighted by Crippen LogP contribution is 2.28. The van der Waals surface area contributed by atoms with E-state index in [1.807, 2.05) is 0 Å². The van der Waals surface area contributed by atoms with E-state index in [1.165, 1.54) is 25.7 Å². The molecule has 0 aromatic rings. The normalized spacial score (nSPS) is 25.8. The Morgan fingerprint density at radius 3 is 2.50 bits per heavy atom. The first-order chi connectivity index (χ1) is 7.63. The molecule has 3 N–H and O–H groups in total. The number of hydrogen-bond donors (Lipinski definition) is 2. The number of nitrogens with two attached hydrogens (primary N) is 1. The quantitative estimate of drug-likeness (QED) is 0.752. The Hall–Kier alpha value is -0.570. The fraction of sp³-hybridized carbons (Fsp3) is 0.923. The zero-order valence-corrected chi connectivity index (χ0v) is 10.7. The van der Waals surface area contributed by atoms with E-state index in [4.69, 9.17) is 5.73 Å². The lowest BCUT2D eigenvalue weighted by Crippen LogP contribution is -2.37. The Bertz CT molecular complexity index is 216. The van der Waals surface area contributed by atoms with Crippen LogP contribution in [0, 0.1) is 17.8 Å². The lowest BCUT2D eigenvalue weighted by molar-refractivity contribution is -0.122. The molecule has 1 aliphatic rings. The van der Waals surface area contributed by atoms with Crippen LogP contribution in [-0.4, -0.2) is 19.0 Å². The molecule has 0 heterocycles. The minimum Gasteiger partial charge on any atom is -0.356 e. The van der Waals surface area contributed by atoms with Crippen molar-refractivity contribution in [2.75, 3.05) is 13.1 Å². The van der Waals surface area contributed by atoms with Crippen molar-refractivity contribution in [2.45, 2.75) is 46.0 Å². The zero-order chi connectivity index (χ0) is 12.0. The van der Waals surface area contributed by atoms with Gasteiger partial charge in [-0.1, -0.05) is 26.7 Å². The first kappa shape index (κ1) is 13.5. The van der Waals surface area contributed by atoms with Crippen LogP contribution in [0.2, 0.25) is 0 Å². The van der Waals surface area contributed by atoms with Gasteiger partial charge < -0.3 is 11.1 Å². The lowest BCUT2D eigenvalue weighted by Gasteiger charge is -2.30. The van der Waals surface area contributed by atoms with E-state index >= 15 is 0 Å². The Balaban J connectivity index is 2.27. The molecular weight excluding hydrogens is 200 g/mol. The van der Waals surface area contributed by atoms with Crippen LogP contribution in [0.25, 0.3) is 0 Å². The molecule has 2 atom stereocenters. The maximum Gasteiger partial charge on any atom is 0.220 e. The molecule has 0 spiro atoms. The van der Waals surface area contributed by atoms with E-state index in [0.717, 1.165) is 13.1 Å². The van der Waals surface area contributed by atoms with E-state index in [9.17, 15) is 4.79 Å². The van der Waals surface area contributed by atoms with Crippen LogP contribution in [0.4, 0.5) is 0 Å². The van der Waals surface area contributed by atoms with E-state index in [1.54, 1.807) is 0 Å². The number of rotatable bonds is 5. The molecule has 1 fully saturated rings. The summed E-state index contributed by atoms with van der Waals surface area (Å²) in [6.45, 7) is 5.74. The van der Waals surface area contributed by atoms with Crippen molar-refractivity contribution < 1.29 is 4.79 Å². The minimum atomic E-state index is 0.191. The van der Waals surface area contributed by atoms with Crippen LogP contribution in [0.1, 0.15) is 46.0 Å². The molecule has 94 valence electrons. The first-order valence-corrected chi connectivity index (χ1v) is 6.60. The van der Waals surface area contributed by atoms with Crippen LogP contribution < -0.4 is 11.1 Å². The smallest absolute Gasteiger partial charge is 0.220 e. The van der Waals surface area contributed by atoms with Gasteiger partial charge >= 0.3 is 0 Å². The van der Waals surface area contributed by atoms with Gasteiger partial charge in [-0.3, -0.25) is 4.79 Å². The van der Waals surface area contributed by atoms with Crippen LogP contribution in [0.15, 0.2) is 0 Å². The van der Waals surface area contributed by atoms with Crippen LogP contribution in [0.3, 0.4) is 0 Å². The van der Waals surface area contributed by atoms with E-state index in [0.29, 0.717) is 24.2 Å². The number of hydrogen-bond acceptors (Lipinski definition) is 2. The van der Waals surface area contributed by atoms with Gasteiger partial charge in [0.1, 0.15) is 0 Å². The molecule has 1 saturated carbocycles. The predicted octanol–water partition coefficient (Wildman–Crippen LogP) is 1.91. The van der Waals surface area contributed by atoms with Crippen LogP contribution in [-0.2, 0) is 4.79 Å². The fourth-order valence-corrected chi connectivity index (χ4v) is 2.55. The summed E-state index contributed by atoms with van der Waals surface area (Å²) in [5.41, 5.74) is 5.77. The molecule has 3 nitrogen and oxygen atoms in total. The molecule has 1 amide bonds. The van der Waals surface area contributed by atoms with Gasteiger partial charge in [0.25, 0.3) is 0 Å². The molecule has 0 saturated heterocycles. The summed E-state index contributed by atoms with van der Waals surface area (Å²) < 4.78 is 0. The zero-order valence-electron chi connectivity index (χ0n) is 10.7. The van der Waals surface area contributed by atoms with Crippen molar-refractivity contribution in [3.63, 3.8) is 0 Å². The maximum atomic E-state index is 11.5. The van der Waals surface area contributed by atoms with Gasteiger partial charge in [-0.2, -0.15) is 0 Å². The average molecular weight is 226 g/mol. The second-order valence-electron chi connectivity index (χ2n) is 5.44. The van der Waals surface area contributed by atoms with Crippen molar-refractivity contribution in [3.05, 3.63) is 0 Å².